The molecule has 0 saturated carbocycles. The molecule has 0 heterocycles. The summed E-state index contributed by atoms with van der Waals surface area (Å²) in [7, 11) is 0. The van der Waals surface area contributed by atoms with Crippen molar-refractivity contribution in [2.45, 2.75) is 24.6 Å². The standard InChI is InChI=1S/C10H12BrCl/c1-10(2,11)7-8-3-5-9(12)6-4-8/h3-6H,7H2,1-2H3. The van der Waals surface area contributed by atoms with Gasteiger partial charge in [-0.25, -0.2) is 0 Å². The number of hydrogen-bond donors (Lipinski definition) is 0. The molecule has 0 amide bonds. The summed E-state index contributed by atoms with van der Waals surface area (Å²) in [6, 6.07) is 7.97. The Balaban J connectivity index is 2.71. The van der Waals surface area contributed by atoms with E-state index in [1.807, 2.05) is 12.1 Å². The van der Waals surface area contributed by atoms with Crippen molar-refractivity contribution in [1.29, 1.82) is 0 Å². The molecule has 0 N–H and O–H groups in total. The average Bonchev–Trinajstić information content (AvgIpc) is 1.91. The Hall–Kier alpha value is -0.0100. The highest BCUT2D eigenvalue weighted by atomic mass is 79.9. The first-order chi connectivity index (χ1) is 5.47. The van der Waals surface area contributed by atoms with Gasteiger partial charge in [-0.05, 0) is 38.0 Å². The Bertz CT molecular complexity index is 246. The molecule has 12 heavy (non-hydrogen) atoms. The predicted molar refractivity (Wildman–Crippen MR) is 58.2 cm³/mol. The summed E-state index contributed by atoms with van der Waals surface area (Å²) < 4.78 is 0.167. The van der Waals surface area contributed by atoms with Crippen LogP contribution in [0.25, 0.3) is 0 Å². The smallest absolute Gasteiger partial charge is 0.0406 e. The van der Waals surface area contributed by atoms with E-state index in [0.29, 0.717) is 0 Å². The lowest BCUT2D eigenvalue weighted by atomic mass is 10.0. The third-order valence-corrected chi connectivity index (χ3v) is 2.07. The molecular formula is C10H12BrCl. The highest BCUT2D eigenvalue weighted by molar-refractivity contribution is 9.10. The van der Waals surface area contributed by atoms with Gasteiger partial charge in [0.05, 0.1) is 0 Å². The van der Waals surface area contributed by atoms with Gasteiger partial charge in [-0.3, -0.25) is 0 Å². The van der Waals surface area contributed by atoms with Gasteiger partial charge in [-0.15, -0.1) is 0 Å². The monoisotopic (exact) mass is 246 g/mol. The van der Waals surface area contributed by atoms with Crippen molar-refractivity contribution in [3.8, 4) is 0 Å². The van der Waals surface area contributed by atoms with E-state index in [1.54, 1.807) is 0 Å². The molecule has 1 aromatic rings. The van der Waals surface area contributed by atoms with Gasteiger partial charge in [-0.1, -0.05) is 39.7 Å². The lowest BCUT2D eigenvalue weighted by molar-refractivity contribution is 0.725. The van der Waals surface area contributed by atoms with Crippen LogP contribution >= 0.6 is 27.5 Å². The van der Waals surface area contributed by atoms with Gasteiger partial charge in [-0.2, -0.15) is 0 Å². The number of benzene rings is 1. The van der Waals surface area contributed by atoms with Crippen molar-refractivity contribution in [1.82, 2.24) is 0 Å². The molecule has 0 nitrogen and oxygen atoms in total. The van der Waals surface area contributed by atoms with Gasteiger partial charge in [0.25, 0.3) is 0 Å². The molecule has 0 fully saturated rings. The molecule has 1 aromatic carbocycles. The summed E-state index contributed by atoms with van der Waals surface area (Å²) in [4.78, 5) is 0. The summed E-state index contributed by atoms with van der Waals surface area (Å²) in [5.41, 5.74) is 1.31. The number of halogens is 2. The summed E-state index contributed by atoms with van der Waals surface area (Å²) in [5, 5.41) is 0.797. The van der Waals surface area contributed by atoms with Gasteiger partial charge in [0, 0.05) is 9.35 Å². The first-order valence-electron chi connectivity index (χ1n) is 3.91. The van der Waals surface area contributed by atoms with Gasteiger partial charge in [0.2, 0.25) is 0 Å². The van der Waals surface area contributed by atoms with Crippen molar-refractivity contribution in [2.75, 3.05) is 0 Å². The fourth-order valence-electron chi connectivity index (χ4n) is 1.09. The van der Waals surface area contributed by atoms with E-state index in [4.69, 9.17) is 11.6 Å². The third-order valence-electron chi connectivity index (χ3n) is 1.54. The third kappa shape index (κ3) is 3.59. The maximum atomic E-state index is 5.77. The largest absolute Gasteiger partial charge is 0.0856 e. The molecular weight excluding hydrogens is 235 g/mol. The first-order valence-corrected chi connectivity index (χ1v) is 5.08. The molecule has 0 aliphatic heterocycles. The van der Waals surface area contributed by atoms with Gasteiger partial charge in [0.1, 0.15) is 0 Å². The SMILES string of the molecule is CC(C)(Br)Cc1ccc(Cl)cc1. The van der Waals surface area contributed by atoms with E-state index in [2.05, 4.69) is 41.9 Å². The van der Waals surface area contributed by atoms with Crippen molar-refractivity contribution in [3.05, 3.63) is 34.9 Å². The molecule has 0 spiro atoms. The highest BCUT2D eigenvalue weighted by Crippen LogP contribution is 2.22. The topological polar surface area (TPSA) is 0 Å². The Labute approximate surface area is 87.1 Å². The average molecular weight is 248 g/mol. The second kappa shape index (κ2) is 3.80. The molecule has 0 saturated heterocycles. The van der Waals surface area contributed by atoms with Crippen LogP contribution in [-0.4, -0.2) is 4.32 Å². The van der Waals surface area contributed by atoms with Crippen molar-refractivity contribution in [2.24, 2.45) is 0 Å². The predicted octanol–water partition coefficient (Wildman–Crippen LogP) is 4.06. The molecule has 0 aromatic heterocycles. The van der Waals surface area contributed by atoms with E-state index < -0.39 is 0 Å². The van der Waals surface area contributed by atoms with E-state index in [1.165, 1.54) is 5.56 Å². The minimum Gasteiger partial charge on any atom is -0.0856 e. The van der Waals surface area contributed by atoms with Crippen LogP contribution in [-0.2, 0) is 6.42 Å². The van der Waals surface area contributed by atoms with Crippen LogP contribution in [0.2, 0.25) is 5.02 Å². The van der Waals surface area contributed by atoms with E-state index >= 15 is 0 Å². The Morgan fingerprint density at radius 2 is 1.75 bits per heavy atom. The molecule has 2 heteroatoms. The van der Waals surface area contributed by atoms with Crippen LogP contribution < -0.4 is 0 Å². The molecule has 0 radical (unpaired) electrons. The van der Waals surface area contributed by atoms with Crippen molar-refractivity contribution in [3.63, 3.8) is 0 Å². The second-order valence-corrected chi connectivity index (χ2v) is 6.11. The van der Waals surface area contributed by atoms with Crippen LogP contribution in [0.4, 0.5) is 0 Å². The van der Waals surface area contributed by atoms with E-state index in [0.717, 1.165) is 11.4 Å². The first kappa shape index (κ1) is 10.1. The molecule has 0 unspecified atom stereocenters. The van der Waals surface area contributed by atoms with Gasteiger partial charge >= 0.3 is 0 Å². The lowest BCUT2D eigenvalue weighted by Gasteiger charge is -2.15. The minimum absolute atomic E-state index is 0.167. The normalized spacial score (nSPS) is 11.7. The summed E-state index contributed by atoms with van der Waals surface area (Å²) in [6.07, 6.45) is 1.02. The lowest BCUT2D eigenvalue weighted by Crippen LogP contribution is -2.12. The minimum atomic E-state index is 0.167. The molecule has 1 rings (SSSR count). The maximum absolute atomic E-state index is 5.77. The summed E-state index contributed by atoms with van der Waals surface area (Å²) in [6.45, 7) is 4.31. The fraction of sp³-hybridized carbons (Fsp3) is 0.400. The van der Waals surface area contributed by atoms with Gasteiger partial charge in [0.15, 0.2) is 0 Å². The number of hydrogen-bond acceptors (Lipinski definition) is 0. The van der Waals surface area contributed by atoms with Crippen LogP contribution in [0.3, 0.4) is 0 Å². The molecule has 0 bridgehead atoms. The van der Waals surface area contributed by atoms with E-state index in [-0.39, 0.29) is 4.32 Å². The van der Waals surface area contributed by atoms with Crippen molar-refractivity contribution >= 4 is 27.5 Å². The Morgan fingerprint density at radius 1 is 1.25 bits per heavy atom. The highest BCUT2D eigenvalue weighted by Gasteiger charge is 2.12. The Morgan fingerprint density at radius 3 is 2.17 bits per heavy atom. The Kier molecular flexibility index (Phi) is 3.19. The molecule has 0 aliphatic carbocycles. The zero-order chi connectivity index (χ0) is 9.19. The van der Waals surface area contributed by atoms with Crippen LogP contribution in [0.5, 0.6) is 0 Å². The maximum Gasteiger partial charge on any atom is 0.0406 e. The van der Waals surface area contributed by atoms with Crippen LogP contribution in [0, 0.1) is 0 Å². The molecule has 66 valence electrons. The zero-order valence-corrected chi connectivity index (χ0v) is 9.61. The molecule has 0 atom stereocenters. The zero-order valence-electron chi connectivity index (χ0n) is 7.27. The summed E-state index contributed by atoms with van der Waals surface area (Å²) >= 11 is 9.37. The van der Waals surface area contributed by atoms with E-state index in [9.17, 15) is 0 Å². The number of alkyl halides is 1. The molecule has 0 aliphatic rings. The fourth-order valence-corrected chi connectivity index (χ4v) is 1.54. The van der Waals surface area contributed by atoms with Crippen LogP contribution in [0.15, 0.2) is 24.3 Å². The number of rotatable bonds is 2. The summed E-state index contributed by atoms with van der Waals surface area (Å²) in [5.74, 6) is 0. The second-order valence-electron chi connectivity index (χ2n) is 3.52. The van der Waals surface area contributed by atoms with Crippen molar-refractivity contribution < 1.29 is 0 Å². The van der Waals surface area contributed by atoms with Gasteiger partial charge < -0.3 is 0 Å². The van der Waals surface area contributed by atoms with Crippen LogP contribution in [0.1, 0.15) is 19.4 Å². The quantitative estimate of drug-likeness (QED) is 0.692.